The van der Waals surface area contributed by atoms with E-state index < -0.39 is 6.04 Å². The molecule has 0 aliphatic heterocycles. The molecule has 4 N–H and O–H groups in total. The number of aryl methyl sites for hydroxylation is 1. The number of carbonyl (C=O) groups is 2. The van der Waals surface area contributed by atoms with Gasteiger partial charge in [0.15, 0.2) is 0 Å². The Kier molecular flexibility index (Phi) is 8.06. The van der Waals surface area contributed by atoms with Crippen LogP contribution in [0.25, 0.3) is 0 Å². The third-order valence-electron chi connectivity index (χ3n) is 4.15. The summed E-state index contributed by atoms with van der Waals surface area (Å²) in [6, 6.07) is 6.98. The second kappa shape index (κ2) is 9.53. The van der Waals surface area contributed by atoms with Crippen LogP contribution in [0.15, 0.2) is 24.3 Å². The molecule has 0 heterocycles. The average Bonchev–Trinajstić information content (AvgIpc) is 2.45. The third kappa shape index (κ3) is 5.84. The summed E-state index contributed by atoms with van der Waals surface area (Å²) < 4.78 is 0. The van der Waals surface area contributed by atoms with Gasteiger partial charge in [-0.3, -0.25) is 9.59 Å². The molecule has 5 nitrogen and oxygen atoms in total. The fourth-order valence-corrected chi connectivity index (χ4v) is 2.36. The molecule has 1 aromatic rings. The van der Waals surface area contributed by atoms with Gasteiger partial charge in [-0.2, -0.15) is 0 Å². The summed E-state index contributed by atoms with van der Waals surface area (Å²) in [5.41, 5.74) is 7.88. The molecule has 0 bridgehead atoms. The lowest BCUT2D eigenvalue weighted by atomic mass is 9.85. The maximum atomic E-state index is 12.0. The van der Waals surface area contributed by atoms with Crippen LogP contribution >= 0.6 is 12.4 Å². The molecular formula is C17H26ClN3O2. The zero-order valence-corrected chi connectivity index (χ0v) is 14.3. The van der Waals surface area contributed by atoms with Crippen molar-refractivity contribution in [2.45, 2.75) is 38.6 Å². The van der Waals surface area contributed by atoms with Crippen LogP contribution in [0.4, 0.5) is 0 Å². The molecule has 0 saturated heterocycles. The second-order valence-electron chi connectivity index (χ2n) is 5.95. The summed E-state index contributed by atoms with van der Waals surface area (Å²) in [7, 11) is 0. The molecule has 0 spiro atoms. The van der Waals surface area contributed by atoms with Gasteiger partial charge in [0.2, 0.25) is 11.8 Å². The van der Waals surface area contributed by atoms with E-state index in [-0.39, 0.29) is 30.1 Å². The van der Waals surface area contributed by atoms with Gasteiger partial charge in [-0.25, -0.2) is 0 Å². The Labute approximate surface area is 143 Å². The number of hydrogen-bond donors (Lipinski definition) is 3. The molecule has 1 aliphatic rings. The first-order valence-electron chi connectivity index (χ1n) is 7.95. The van der Waals surface area contributed by atoms with E-state index in [1.165, 1.54) is 0 Å². The molecule has 1 aliphatic carbocycles. The van der Waals surface area contributed by atoms with Gasteiger partial charge in [0.1, 0.15) is 6.04 Å². The van der Waals surface area contributed by atoms with Crippen molar-refractivity contribution in [2.24, 2.45) is 11.7 Å². The van der Waals surface area contributed by atoms with Gasteiger partial charge in [-0.05, 0) is 31.7 Å². The lowest BCUT2D eigenvalue weighted by Crippen LogP contribution is -2.38. The van der Waals surface area contributed by atoms with Crippen LogP contribution < -0.4 is 16.4 Å². The summed E-state index contributed by atoms with van der Waals surface area (Å²) in [4.78, 5) is 23.6. The van der Waals surface area contributed by atoms with E-state index in [1.54, 1.807) is 0 Å². The number of hydrogen-bond acceptors (Lipinski definition) is 3. The van der Waals surface area contributed by atoms with Crippen LogP contribution in [0.2, 0.25) is 0 Å². The van der Waals surface area contributed by atoms with Crippen LogP contribution in [0.1, 0.15) is 42.9 Å². The van der Waals surface area contributed by atoms with Gasteiger partial charge in [0, 0.05) is 19.0 Å². The van der Waals surface area contributed by atoms with Gasteiger partial charge in [-0.1, -0.05) is 36.2 Å². The standard InChI is InChI=1S/C17H25N3O2.ClH/c1-12-6-8-13(9-7-12)15(18)17(22)20-11-3-10-19-16(21)14-4-2-5-14;/h6-9,14-15H,2-5,10-11,18H2,1H3,(H,19,21)(H,20,22);1H. The topological polar surface area (TPSA) is 84.2 Å². The van der Waals surface area contributed by atoms with E-state index in [0.717, 1.165) is 30.4 Å². The van der Waals surface area contributed by atoms with E-state index in [1.807, 2.05) is 31.2 Å². The summed E-state index contributed by atoms with van der Waals surface area (Å²) in [5, 5.41) is 5.72. The van der Waals surface area contributed by atoms with Crippen molar-refractivity contribution in [2.75, 3.05) is 13.1 Å². The average molecular weight is 340 g/mol. The molecule has 23 heavy (non-hydrogen) atoms. The first-order valence-corrected chi connectivity index (χ1v) is 7.95. The maximum absolute atomic E-state index is 12.0. The van der Waals surface area contributed by atoms with Gasteiger partial charge in [0.05, 0.1) is 0 Å². The second-order valence-corrected chi connectivity index (χ2v) is 5.95. The molecule has 6 heteroatoms. The zero-order valence-electron chi connectivity index (χ0n) is 13.5. The Morgan fingerprint density at radius 1 is 1.17 bits per heavy atom. The lowest BCUT2D eigenvalue weighted by Gasteiger charge is -2.24. The predicted molar refractivity (Wildman–Crippen MR) is 93.3 cm³/mol. The number of nitrogens with one attached hydrogen (secondary N) is 2. The van der Waals surface area contributed by atoms with Crippen molar-refractivity contribution < 1.29 is 9.59 Å². The van der Waals surface area contributed by atoms with Gasteiger partial charge in [-0.15, -0.1) is 12.4 Å². The van der Waals surface area contributed by atoms with E-state index in [4.69, 9.17) is 5.73 Å². The highest BCUT2D eigenvalue weighted by atomic mass is 35.5. The minimum absolute atomic E-state index is 0. The number of halogens is 1. The summed E-state index contributed by atoms with van der Waals surface area (Å²) in [5.74, 6) is 0.174. The Hall–Kier alpha value is -1.59. The fourth-order valence-electron chi connectivity index (χ4n) is 2.36. The van der Waals surface area contributed by atoms with Crippen LogP contribution in [0.5, 0.6) is 0 Å². The van der Waals surface area contributed by atoms with E-state index in [0.29, 0.717) is 19.5 Å². The van der Waals surface area contributed by atoms with E-state index in [2.05, 4.69) is 10.6 Å². The summed E-state index contributed by atoms with van der Waals surface area (Å²) in [6.07, 6.45) is 3.89. The fraction of sp³-hybridized carbons (Fsp3) is 0.529. The molecule has 2 rings (SSSR count). The lowest BCUT2D eigenvalue weighted by molar-refractivity contribution is -0.127. The maximum Gasteiger partial charge on any atom is 0.241 e. The molecule has 0 radical (unpaired) electrons. The van der Waals surface area contributed by atoms with Gasteiger partial charge >= 0.3 is 0 Å². The molecule has 0 aromatic heterocycles. The van der Waals surface area contributed by atoms with Crippen molar-refractivity contribution in [1.82, 2.24) is 10.6 Å². The number of benzene rings is 1. The van der Waals surface area contributed by atoms with Crippen molar-refractivity contribution in [3.05, 3.63) is 35.4 Å². The molecule has 128 valence electrons. The largest absolute Gasteiger partial charge is 0.356 e. The number of carbonyl (C=O) groups excluding carboxylic acids is 2. The number of nitrogens with two attached hydrogens (primary N) is 1. The minimum Gasteiger partial charge on any atom is -0.356 e. The molecule has 2 amide bonds. The Morgan fingerprint density at radius 3 is 2.35 bits per heavy atom. The quantitative estimate of drug-likeness (QED) is 0.663. The van der Waals surface area contributed by atoms with Crippen LogP contribution in [0, 0.1) is 12.8 Å². The Morgan fingerprint density at radius 2 is 1.78 bits per heavy atom. The van der Waals surface area contributed by atoms with Gasteiger partial charge < -0.3 is 16.4 Å². The highest BCUT2D eigenvalue weighted by Crippen LogP contribution is 2.25. The minimum atomic E-state index is -0.648. The molecule has 1 unspecified atom stereocenters. The molecule has 1 atom stereocenters. The monoisotopic (exact) mass is 339 g/mol. The van der Waals surface area contributed by atoms with Crippen LogP contribution in [0.3, 0.4) is 0 Å². The molecular weight excluding hydrogens is 314 g/mol. The summed E-state index contributed by atoms with van der Waals surface area (Å²) >= 11 is 0. The van der Waals surface area contributed by atoms with Crippen molar-refractivity contribution in [3.8, 4) is 0 Å². The highest BCUT2D eigenvalue weighted by molar-refractivity contribution is 5.85. The Bertz CT molecular complexity index is 515. The molecule has 1 fully saturated rings. The predicted octanol–water partition coefficient (Wildman–Crippen LogP) is 1.84. The SMILES string of the molecule is Cc1ccc(C(N)C(=O)NCCCNC(=O)C2CCC2)cc1.Cl. The van der Waals surface area contributed by atoms with E-state index in [9.17, 15) is 9.59 Å². The van der Waals surface area contributed by atoms with E-state index >= 15 is 0 Å². The van der Waals surface area contributed by atoms with Crippen molar-refractivity contribution >= 4 is 24.2 Å². The van der Waals surface area contributed by atoms with Crippen LogP contribution in [-0.2, 0) is 9.59 Å². The smallest absolute Gasteiger partial charge is 0.241 e. The first-order chi connectivity index (χ1) is 10.6. The molecule has 1 aromatic carbocycles. The van der Waals surface area contributed by atoms with Gasteiger partial charge in [0.25, 0.3) is 0 Å². The normalized spacial score (nSPS) is 15.0. The molecule has 1 saturated carbocycles. The van der Waals surface area contributed by atoms with Crippen LogP contribution in [-0.4, -0.2) is 24.9 Å². The third-order valence-corrected chi connectivity index (χ3v) is 4.15. The van der Waals surface area contributed by atoms with Crippen molar-refractivity contribution in [1.29, 1.82) is 0 Å². The highest BCUT2D eigenvalue weighted by Gasteiger charge is 2.24. The number of amides is 2. The number of rotatable bonds is 7. The van der Waals surface area contributed by atoms with Crippen molar-refractivity contribution in [3.63, 3.8) is 0 Å². The first kappa shape index (κ1) is 19.5. The summed E-state index contributed by atoms with van der Waals surface area (Å²) in [6.45, 7) is 3.10. The zero-order chi connectivity index (χ0) is 15.9. The Balaban J connectivity index is 0.00000264.